The first-order chi connectivity index (χ1) is 9.49. The number of nitrogens with one attached hydrogen (secondary N) is 1. The average Bonchev–Trinajstić information content (AvgIpc) is 2.41. The Hall–Kier alpha value is -2.83. The molecule has 0 radical (unpaired) electrons. The van der Waals surface area contributed by atoms with E-state index in [0.29, 0.717) is 0 Å². The van der Waals surface area contributed by atoms with Gasteiger partial charge in [0.1, 0.15) is 5.82 Å². The topological polar surface area (TPSA) is 79.3 Å². The smallest absolute Gasteiger partial charge is 0.335 e. The number of carboxylic acids is 1. The van der Waals surface area contributed by atoms with Gasteiger partial charge in [0.15, 0.2) is 5.82 Å². The van der Waals surface area contributed by atoms with Crippen LogP contribution in [-0.2, 0) is 0 Å². The average molecular weight is 278 g/mol. The lowest BCUT2D eigenvalue weighted by molar-refractivity contribution is 0.0696. The number of carbonyl (C=O) groups is 2. The third-order valence-electron chi connectivity index (χ3n) is 2.48. The molecule has 1 amide bonds. The van der Waals surface area contributed by atoms with Crippen molar-refractivity contribution in [2.45, 2.75) is 0 Å². The fourth-order valence-corrected chi connectivity index (χ4v) is 1.50. The highest BCUT2D eigenvalue weighted by Gasteiger charge is 2.15. The maximum atomic E-state index is 13.5. The highest BCUT2D eigenvalue weighted by atomic mass is 19.1. The predicted octanol–water partition coefficient (Wildman–Crippen LogP) is 2.31. The maximum absolute atomic E-state index is 13.5. The summed E-state index contributed by atoms with van der Waals surface area (Å²) in [5, 5.41) is 10.9. The number of carbonyl (C=O) groups excluding carboxylic acids is 1. The highest BCUT2D eigenvalue weighted by molar-refractivity contribution is 6.05. The Kier molecular flexibility index (Phi) is 3.69. The molecule has 102 valence electrons. The van der Waals surface area contributed by atoms with Crippen molar-refractivity contribution < 1.29 is 23.5 Å². The van der Waals surface area contributed by atoms with Crippen LogP contribution in [0.25, 0.3) is 0 Å². The van der Waals surface area contributed by atoms with Crippen LogP contribution in [0.2, 0.25) is 0 Å². The van der Waals surface area contributed by atoms with Crippen molar-refractivity contribution in [2.75, 3.05) is 5.32 Å². The van der Waals surface area contributed by atoms with Crippen molar-refractivity contribution in [1.82, 2.24) is 4.98 Å². The largest absolute Gasteiger partial charge is 0.478 e. The number of amides is 1. The van der Waals surface area contributed by atoms with Crippen molar-refractivity contribution in [1.29, 1.82) is 0 Å². The molecule has 7 heteroatoms. The number of halogens is 2. The van der Waals surface area contributed by atoms with Gasteiger partial charge >= 0.3 is 5.97 Å². The summed E-state index contributed by atoms with van der Waals surface area (Å²) in [6.07, 6.45) is 2.06. The fourth-order valence-electron chi connectivity index (χ4n) is 1.50. The molecule has 0 aliphatic carbocycles. The van der Waals surface area contributed by atoms with Gasteiger partial charge in [0.05, 0.1) is 23.0 Å². The molecule has 0 unspecified atom stereocenters. The summed E-state index contributed by atoms with van der Waals surface area (Å²) in [5.41, 5.74) is -0.858. The summed E-state index contributed by atoms with van der Waals surface area (Å²) < 4.78 is 26.8. The monoisotopic (exact) mass is 278 g/mol. The van der Waals surface area contributed by atoms with Crippen LogP contribution in [-0.4, -0.2) is 22.0 Å². The number of benzene rings is 1. The van der Waals surface area contributed by atoms with Crippen LogP contribution in [0.1, 0.15) is 20.7 Å². The Balaban J connectivity index is 2.30. The normalized spacial score (nSPS) is 10.1. The van der Waals surface area contributed by atoms with Crippen LogP contribution in [0.3, 0.4) is 0 Å². The molecule has 2 aromatic rings. The molecule has 0 fully saturated rings. The molecule has 20 heavy (non-hydrogen) atoms. The first-order valence-corrected chi connectivity index (χ1v) is 5.42. The van der Waals surface area contributed by atoms with E-state index in [0.717, 1.165) is 30.5 Å². The minimum absolute atomic E-state index is 0.197. The fraction of sp³-hybridized carbons (Fsp3) is 0. The Morgan fingerprint density at radius 2 is 1.90 bits per heavy atom. The molecule has 0 saturated heterocycles. The number of anilines is 1. The maximum Gasteiger partial charge on any atom is 0.335 e. The molecular weight excluding hydrogens is 270 g/mol. The molecule has 2 rings (SSSR count). The number of aromatic carboxylic acids is 1. The van der Waals surface area contributed by atoms with E-state index < -0.39 is 23.5 Å². The molecule has 2 N–H and O–H groups in total. The van der Waals surface area contributed by atoms with Crippen LogP contribution < -0.4 is 5.32 Å². The van der Waals surface area contributed by atoms with Gasteiger partial charge in [0, 0.05) is 6.20 Å². The Bertz CT molecular complexity index is 689. The van der Waals surface area contributed by atoms with E-state index in [9.17, 15) is 18.4 Å². The summed E-state index contributed by atoms with van der Waals surface area (Å²) in [6.45, 7) is 0. The molecule has 1 aromatic heterocycles. The minimum atomic E-state index is -1.27. The highest BCUT2D eigenvalue weighted by Crippen LogP contribution is 2.18. The molecule has 5 nitrogen and oxygen atoms in total. The van der Waals surface area contributed by atoms with Crippen LogP contribution in [0.5, 0.6) is 0 Å². The van der Waals surface area contributed by atoms with Gasteiger partial charge in [0.2, 0.25) is 0 Å². The number of nitrogens with zero attached hydrogens (tertiary/aromatic N) is 1. The standard InChI is InChI=1S/C13H8F2N2O3/c14-9-2-1-7(13(19)20)5-11(9)17-12(18)8-3-4-16-6-10(8)15/h1-6H,(H,17,18)(H,19,20). The number of rotatable bonds is 3. The summed E-state index contributed by atoms with van der Waals surface area (Å²) >= 11 is 0. The van der Waals surface area contributed by atoms with Gasteiger partial charge in [-0.15, -0.1) is 0 Å². The molecular formula is C13H8F2N2O3. The summed E-state index contributed by atoms with van der Waals surface area (Å²) in [6, 6.07) is 4.04. The van der Waals surface area contributed by atoms with E-state index in [1.54, 1.807) is 0 Å². The lowest BCUT2D eigenvalue weighted by Crippen LogP contribution is -2.15. The van der Waals surface area contributed by atoms with Crippen LogP contribution in [0.15, 0.2) is 36.7 Å². The van der Waals surface area contributed by atoms with Gasteiger partial charge in [-0.05, 0) is 24.3 Å². The zero-order chi connectivity index (χ0) is 14.7. The molecule has 0 aliphatic rings. The molecule has 0 aliphatic heterocycles. The van der Waals surface area contributed by atoms with Crippen molar-refractivity contribution in [3.05, 3.63) is 59.4 Å². The molecule has 1 heterocycles. The van der Waals surface area contributed by atoms with E-state index in [-0.39, 0.29) is 16.8 Å². The third kappa shape index (κ3) is 2.77. The second kappa shape index (κ2) is 5.43. The Labute approximate surface area is 111 Å². The van der Waals surface area contributed by atoms with Gasteiger partial charge in [0.25, 0.3) is 5.91 Å². The molecule has 0 bridgehead atoms. The number of pyridine rings is 1. The van der Waals surface area contributed by atoms with Gasteiger partial charge < -0.3 is 10.4 Å². The van der Waals surface area contributed by atoms with Crippen LogP contribution in [0, 0.1) is 11.6 Å². The van der Waals surface area contributed by atoms with E-state index >= 15 is 0 Å². The van der Waals surface area contributed by atoms with E-state index in [1.807, 2.05) is 0 Å². The second-order valence-electron chi connectivity index (χ2n) is 3.81. The molecule has 1 aromatic carbocycles. The van der Waals surface area contributed by atoms with Gasteiger partial charge in [-0.3, -0.25) is 9.78 Å². The molecule has 0 atom stereocenters. The van der Waals surface area contributed by atoms with Crippen molar-refractivity contribution in [3.63, 3.8) is 0 Å². The Morgan fingerprint density at radius 1 is 1.15 bits per heavy atom. The first-order valence-electron chi connectivity index (χ1n) is 5.42. The SMILES string of the molecule is O=C(O)c1ccc(F)c(NC(=O)c2ccncc2F)c1. The van der Waals surface area contributed by atoms with Crippen molar-refractivity contribution in [2.24, 2.45) is 0 Å². The molecule has 0 saturated carbocycles. The summed E-state index contributed by atoms with van der Waals surface area (Å²) in [5.74, 6) is -3.85. The number of hydrogen-bond acceptors (Lipinski definition) is 3. The zero-order valence-electron chi connectivity index (χ0n) is 9.93. The number of carboxylic acid groups (broad SMARTS) is 1. The van der Waals surface area contributed by atoms with Crippen LogP contribution >= 0.6 is 0 Å². The summed E-state index contributed by atoms with van der Waals surface area (Å²) in [7, 11) is 0. The van der Waals surface area contributed by atoms with Gasteiger partial charge in [-0.1, -0.05) is 0 Å². The Morgan fingerprint density at radius 3 is 2.55 bits per heavy atom. The lowest BCUT2D eigenvalue weighted by atomic mass is 10.1. The third-order valence-corrected chi connectivity index (χ3v) is 2.48. The van der Waals surface area contributed by atoms with E-state index in [1.165, 1.54) is 6.20 Å². The quantitative estimate of drug-likeness (QED) is 0.903. The van der Waals surface area contributed by atoms with E-state index in [4.69, 9.17) is 5.11 Å². The number of aromatic nitrogens is 1. The van der Waals surface area contributed by atoms with Gasteiger partial charge in [-0.25, -0.2) is 13.6 Å². The summed E-state index contributed by atoms with van der Waals surface area (Å²) in [4.78, 5) is 26.0. The van der Waals surface area contributed by atoms with Gasteiger partial charge in [-0.2, -0.15) is 0 Å². The zero-order valence-corrected chi connectivity index (χ0v) is 9.93. The van der Waals surface area contributed by atoms with Crippen LogP contribution in [0.4, 0.5) is 14.5 Å². The molecule has 0 spiro atoms. The predicted molar refractivity (Wildman–Crippen MR) is 65.5 cm³/mol. The second-order valence-corrected chi connectivity index (χ2v) is 3.81. The lowest BCUT2D eigenvalue weighted by Gasteiger charge is -2.07. The first kappa shape index (κ1) is 13.6. The minimum Gasteiger partial charge on any atom is -0.478 e. The van der Waals surface area contributed by atoms with Crippen molar-refractivity contribution in [3.8, 4) is 0 Å². The van der Waals surface area contributed by atoms with Crippen molar-refractivity contribution >= 4 is 17.6 Å². The number of hydrogen-bond donors (Lipinski definition) is 2. The van der Waals surface area contributed by atoms with E-state index in [2.05, 4.69) is 10.3 Å².